The molecule has 0 bridgehead atoms. The molecule has 5 heteroatoms. The number of aryl methyl sites for hydroxylation is 1. The van der Waals surface area contributed by atoms with Gasteiger partial charge in [-0.2, -0.15) is 0 Å². The Morgan fingerprint density at radius 1 is 1.14 bits per heavy atom. The van der Waals surface area contributed by atoms with Crippen LogP contribution in [0.15, 0.2) is 29.2 Å². The highest BCUT2D eigenvalue weighted by Crippen LogP contribution is 2.20. The lowest BCUT2D eigenvalue weighted by atomic mass is 9.92. The summed E-state index contributed by atoms with van der Waals surface area (Å²) in [5, 5.41) is 0. The van der Waals surface area contributed by atoms with Crippen molar-refractivity contribution in [2.75, 3.05) is 26.2 Å². The predicted molar refractivity (Wildman–Crippen MR) is 85.8 cm³/mol. The molecule has 1 heterocycles. The fourth-order valence-corrected chi connectivity index (χ4v) is 4.13. The molecule has 0 saturated carbocycles. The van der Waals surface area contributed by atoms with E-state index in [0.717, 1.165) is 25.2 Å². The Labute approximate surface area is 128 Å². The number of nitrogens with one attached hydrogen (secondary N) is 1. The SMILES string of the molecule is Cc1ccc(S(=O)(=O)NCCN2CC(C)CC(C)C2)cc1. The molecule has 21 heavy (non-hydrogen) atoms. The van der Waals surface area contributed by atoms with E-state index in [1.165, 1.54) is 6.42 Å². The van der Waals surface area contributed by atoms with Crippen LogP contribution in [-0.4, -0.2) is 39.5 Å². The van der Waals surface area contributed by atoms with Crippen LogP contribution in [0.3, 0.4) is 0 Å². The highest BCUT2D eigenvalue weighted by Gasteiger charge is 2.22. The molecule has 1 fully saturated rings. The summed E-state index contributed by atoms with van der Waals surface area (Å²) in [6.07, 6.45) is 1.27. The lowest BCUT2D eigenvalue weighted by Crippen LogP contribution is -2.42. The molecule has 0 aliphatic carbocycles. The number of rotatable bonds is 5. The van der Waals surface area contributed by atoms with Gasteiger partial charge in [0.05, 0.1) is 4.90 Å². The predicted octanol–water partition coefficient (Wildman–Crippen LogP) is 2.25. The van der Waals surface area contributed by atoms with Crippen molar-refractivity contribution in [3.63, 3.8) is 0 Å². The highest BCUT2D eigenvalue weighted by molar-refractivity contribution is 7.89. The number of hydrogen-bond donors (Lipinski definition) is 1. The van der Waals surface area contributed by atoms with Crippen LogP contribution in [0.5, 0.6) is 0 Å². The van der Waals surface area contributed by atoms with Crippen LogP contribution < -0.4 is 4.72 Å². The van der Waals surface area contributed by atoms with Crippen molar-refractivity contribution >= 4 is 10.0 Å². The van der Waals surface area contributed by atoms with Crippen LogP contribution in [0.1, 0.15) is 25.8 Å². The highest BCUT2D eigenvalue weighted by atomic mass is 32.2. The summed E-state index contributed by atoms with van der Waals surface area (Å²) in [4.78, 5) is 2.70. The largest absolute Gasteiger partial charge is 0.302 e. The normalized spacial score (nSPS) is 24.1. The van der Waals surface area contributed by atoms with Gasteiger partial charge in [-0.25, -0.2) is 13.1 Å². The van der Waals surface area contributed by atoms with Gasteiger partial charge in [-0.05, 0) is 37.3 Å². The van der Waals surface area contributed by atoms with Crippen molar-refractivity contribution in [1.82, 2.24) is 9.62 Å². The van der Waals surface area contributed by atoms with Crippen molar-refractivity contribution in [2.45, 2.75) is 32.1 Å². The first kappa shape index (κ1) is 16.5. The molecule has 2 atom stereocenters. The smallest absolute Gasteiger partial charge is 0.240 e. The average molecular weight is 310 g/mol. The molecular formula is C16H26N2O2S. The monoisotopic (exact) mass is 310 g/mol. The molecule has 4 nitrogen and oxygen atoms in total. The number of benzene rings is 1. The van der Waals surface area contributed by atoms with Crippen LogP contribution in [0.25, 0.3) is 0 Å². The second kappa shape index (κ2) is 6.90. The zero-order chi connectivity index (χ0) is 15.5. The van der Waals surface area contributed by atoms with Crippen molar-refractivity contribution in [3.8, 4) is 0 Å². The van der Waals surface area contributed by atoms with Crippen molar-refractivity contribution in [3.05, 3.63) is 29.8 Å². The topological polar surface area (TPSA) is 49.4 Å². The quantitative estimate of drug-likeness (QED) is 0.907. The summed E-state index contributed by atoms with van der Waals surface area (Å²) in [7, 11) is -3.38. The number of nitrogens with zero attached hydrogens (tertiary/aromatic N) is 1. The van der Waals surface area contributed by atoms with Crippen molar-refractivity contribution in [1.29, 1.82) is 0 Å². The molecule has 0 amide bonds. The summed E-state index contributed by atoms with van der Waals surface area (Å²) in [5.74, 6) is 1.39. The third-order valence-electron chi connectivity index (χ3n) is 4.00. The van der Waals surface area contributed by atoms with Crippen LogP contribution in [0, 0.1) is 18.8 Å². The van der Waals surface area contributed by atoms with Gasteiger partial charge in [0.1, 0.15) is 0 Å². The second-order valence-corrected chi connectivity index (χ2v) is 8.18. The summed E-state index contributed by atoms with van der Waals surface area (Å²) in [5.41, 5.74) is 1.06. The first-order chi connectivity index (χ1) is 9.87. The summed E-state index contributed by atoms with van der Waals surface area (Å²) in [6.45, 7) is 9.85. The van der Waals surface area contributed by atoms with Gasteiger partial charge in [-0.15, -0.1) is 0 Å². The Balaban J connectivity index is 1.86. The van der Waals surface area contributed by atoms with E-state index in [2.05, 4.69) is 23.5 Å². The Morgan fingerprint density at radius 2 is 1.71 bits per heavy atom. The van der Waals surface area contributed by atoms with Crippen LogP contribution in [0.2, 0.25) is 0 Å². The van der Waals surface area contributed by atoms with E-state index in [4.69, 9.17) is 0 Å². The van der Waals surface area contributed by atoms with Gasteiger partial charge in [0.2, 0.25) is 10.0 Å². The molecule has 0 aromatic heterocycles. The Morgan fingerprint density at radius 3 is 2.29 bits per heavy atom. The van der Waals surface area contributed by atoms with E-state index in [1.54, 1.807) is 12.1 Å². The van der Waals surface area contributed by atoms with Gasteiger partial charge in [-0.1, -0.05) is 31.5 Å². The molecule has 1 saturated heterocycles. The molecule has 1 aromatic rings. The molecule has 2 unspecified atom stereocenters. The minimum absolute atomic E-state index is 0.341. The molecule has 2 rings (SSSR count). The first-order valence-electron chi connectivity index (χ1n) is 7.65. The maximum atomic E-state index is 12.2. The minimum atomic E-state index is -3.38. The van der Waals surface area contributed by atoms with Crippen LogP contribution in [-0.2, 0) is 10.0 Å². The van der Waals surface area contributed by atoms with E-state index >= 15 is 0 Å². The Hall–Kier alpha value is -0.910. The number of sulfonamides is 1. The lowest BCUT2D eigenvalue weighted by Gasteiger charge is -2.34. The minimum Gasteiger partial charge on any atom is -0.302 e. The maximum absolute atomic E-state index is 12.2. The summed E-state index contributed by atoms with van der Waals surface area (Å²) >= 11 is 0. The number of piperidine rings is 1. The van der Waals surface area contributed by atoms with Gasteiger partial charge in [-0.3, -0.25) is 0 Å². The summed E-state index contributed by atoms with van der Waals surface area (Å²) in [6, 6.07) is 6.95. The fourth-order valence-electron chi connectivity index (χ4n) is 3.11. The number of hydrogen-bond acceptors (Lipinski definition) is 3. The molecule has 118 valence electrons. The molecule has 0 spiro atoms. The zero-order valence-electron chi connectivity index (χ0n) is 13.2. The van der Waals surface area contributed by atoms with Crippen molar-refractivity contribution < 1.29 is 8.42 Å². The van der Waals surface area contributed by atoms with E-state index in [1.807, 2.05) is 19.1 Å². The standard InChI is InChI=1S/C16H26N2O2S/c1-13-4-6-16(7-5-13)21(19,20)17-8-9-18-11-14(2)10-15(3)12-18/h4-7,14-15,17H,8-12H2,1-3H3. The van der Waals surface area contributed by atoms with E-state index in [0.29, 0.717) is 23.3 Å². The maximum Gasteiger partial charge on any atom is 0.240 e. The van der Waals surface area contributed by atoms with E-state index in [-0.39, 0.29) is 0 Å². The second-order valence-electron chi connectivity index (χ2n) is 6.42. The molecule has 1 N–H and O–H groups in total. The average Bonchev–Trinajstić information content (AvgIpc) is 2.37. The van der Waals surface area contributed by atoms with Crippen LogP contribution >= 0.6 is 0 Å². The molecule has 1 aliphatic heterocycles. The van der Waals surface area contributed by atoms with E-state index in [9.17, 15) is 8.42 Å². The molecule has 0 radical (unpaired) electrons. The van der Waals surface area contributed by atoms with Gasteiger partial charge < -0.3 is 4.90 Å². The lowest BCUT2D eigenvalue weighted by molar-refractivity contribution is 0.143. The van der Waals surface area contributed by atoms with E-state index < -0.39 is 10.0 Å². The molecule has 1 aliphatic rings. The summed E-state index contributed by atoms with van der Waals surface area (Å²) < 4.78 is 27.1. The Kier molecular flexibility index (Phi) is 5.41. The third kappa shape index (κ3) is 4.80. The molecule has 1 aromatic carbocycles. The third-order valence-corrected chi connectivity index (χ3v) is 5.47. The van der Waals surface area contributed by atoms with Gasteiger partial charge in [0, 0.05) is 26.2 Å². The number of likely N-dealkylation sites (tertiary alicyclic amines) is 1. The Bertz CT molecular complexity index is 544. The molecular weight excluding hydrogens is 284 g/mol. The van der Waals surface area contributed by atoms with Gasteiger partial charge in [0.15, 0.2) is 0 Å². The first-order valence-corrected chi connectivity index (χ1v) is 9.14. The fraction of sp³-hybridized carbons (Fsp3) is 0.625. The van der Waals surface area contributed by atoms with Crippen LogP contribution in [0.4, 0.5) is 0 Å². The van der Waals surface area contributed by atoms with Crippen molar-refractivity contribution in [2.24, 2.45) is 11.8 Å². The van der Waals surface area contributed by atoms with Gasteiger partial charge >= 0.3 is 0 Å². The van der Waals surface area contributed by atoms with Gasteiger partial charge in [0.25, 0.3) is 0 Å². The zero-order valence-corrected chi connectivity index (χ0v) is 14.0.